The lowest BCUT2D eigenvalue weighted by molar-refractivity contribution is 0.313. The molecule has 1 saturated heterocycles. The molecule has 4 aromatic rings. The second-order valence-corrected chi connectivity index (χ2v) is 6.56. The molecule has 1 N–H and O–H groups in total. The fraction of sp³-hybridized carbons (Fsp3) is 0.278. The van der Waals surface area contributed by atoms with Gasteiger partial charge in [-0.1, -0.05) is 0 Å². The maximum absolute atomic E-state index is 4.62. The number of likely N-dealkylation sites (N-methyl/N-ethyl adjacent to an activating group) is 1. The van der Waals surface area contributed by atoms with E-state index in [9.17, 15) is 0 Å². The van der Waals surface area contributed by atoms with Gasteiger partial charge in [0.25, 0.3) is 0 Å². The molecule has 0 radical (unpaired) electrons. The Morgan fingerprint density at radius 2 is 1.92 bits per heavy atom. The fourth-order valence-electron chi connectivity index (χ4n) is 3.42. The van der Waals surface area contributed by atoms with Gasteiger partial charge >= 0.3 is 0 Å². The molecule has 0 aliphatic carbocycles. The van der Waals surface area contributed by atoms with E-state index in [1.54, 1.807) is 6.20 Å². The van der Waals surface area contributed by atoms with Gasteiger partial charge in [0.2, 0.25) is 5.78 Å². The standard InChI is InChI=1S/C18H19N7/c1-23-4-6-24(7-5-23)14-8-15-16(11-21-17(15)20-10-14)13-9-22-18-19-2-3-25(18)12-13/h2-3,8-12H,4-7H2,1H3,(H,20,21). The summed E-state index contributed by atoms with van der Waals surface area (Å²) in [4.78, 5) is 21.3. The fourth-order valence-corrected chi connectivity index (χ4v) is 3.42. The Morgan fingerprint density at radius 1 is 1.04 bits per heavy atom. The average molecular weight is 333 g/mol. The molecular weight excluding hydrogens is 314 g/mol. The molecule has 0 amide bonds. The number of anilines is 1. The van der Waals surface area contributed by atoms with Crippen LogP contribution in [-0.2, 0) is 0 Å². The molecular formula is C18H19N7. The zero-order chi connectivity index (χ0) is 16.8. The van der Waals surface area contributed by atoms with Crippen LogP contribution in [0.3, 0.4) is 0 Å². The third-order valence-electron chi connectivity index (χ3n) is 4.94. The van der Waals surface area contributed by atoms with Crippen LogP contribution in [-0.4, -0.2) is 62.5 Å². The van der Waals surface area contributed by atoms with Gasteiger partial charge in [0.15, 0.2) is 0 Å². The Kier molecular flexibility index (Phi) is 3.21. The van der Waals surface area contributed by atoms with Crippen LogP contribution in [0, 0.1) is 0 Å². The molecule has 5 rings (SSSR count). The highest BCUT2D eigenvalue weighted by Crippen LogP contribution is 2.30. The maximum atomic E-state index is 4.62. The molecule has 5 heterocycles. The molecule has 0 atom stereocenters. The summed E-state index contributed by atoms with van der Waals surface area (Å²) in [6.45, 7) is 4.23. The third kappa shape index (κ3) is 2.44. The van der Waals surface area contributed by atoms with E-state index in [-0.39, 0.29) is 0 Å². The first kappa shape index (κ1) is 14.4. The highest BCUT2D eigenvalue weighted by Gasteiger charge is 2.16. The number of hydrogen-bond donors (Lipinski definition) is 1. The summed E-state index contributed by atoms with van der Waals surface area (Å²) < 4.78 is 1.94. The molecule has 25 heavy (non-hydrogen) atoms. The van der Waals surface area contributed by atoms with E-state index in [1.165, 1.54) is 5.69 Å². The number of nitrogens with one attached hydrogen (secondary N) is 1. The van der Waals surface area contributed by atoms with Gasteiger partial charge in [0.1, 0.15) is 5.65 Å². The molecule has 0 unspecified atom stereocenters. The molecule has 126 valence electrons. The van der Waals surface area contributed by atoms with Crippen LogP contribution in [0.4, 0.5) is 5.69 Å². The zero-order valence-electron chi connectivity index (χ0n) is 14.1. The molecule has 0 saturated carbocycles. The molecule has 1 aliphatic heterocycles. The summed E-state index contributed by atoms with van der Waals surface area (Å²) in [5.41, 5.74) is 4.24. The van der Waals surface area contributed by atoms with Crippen molar-refractivity contribution >= 4 is 22.5 Å². The summed E-state index contributed by atoms with van der Waals surface area (Å²) in [5.74, 6) is 0.708. The molecule has 0 bridgehead atoms. The number of piperazine rings is 1. The monoisotopic (exact) mass is 333 g/mol. The molecule has 1 aliphatic rings. The number of aromatic nitrogens is 5. The van der Waals surface area contributed by atoms with Crippen LogP contribution >= 0.6 is 0 Å². The van der Waals surface area contributed by atoms with Crippen molar-refractivity contribution in [3.8, 4) is 11.1 Å². The normalized spacial score (nSPS) is 16.1. The SMILES string of the molecule is CN1CCN(c2cnc3[nH]cc(-c4cnc5nccn5c4)c3c2)CC1. The van der Waals surface area contributed by atoms with Gasteiger partial charge in [-0.2, -0.15) is 0 Å². The van der Waals surface area contributed by atoms with E-state index in [4.69, 9.17) is 0 Å². The lowest BCUT2D eigenvalue weighted by atomic mass is 10.1. The number of rotatable bonds is 2. The number of aromatic amines is 1. The van der Waals surface area contributed by atoms with Gasteiger partial charge in [-0.15, -0.1) is 0 Å². The summed E-state index contributed by atoms with van der Waals surface area (Å²) in [7, 11) is 2.17. The minimum absolute atomic E-state index is 0.708. The van der Waals surface area contributed by atoms with Crippen molar-refractivity contribution in [3.05, 3.63) is 43.2 Å². The summed E-state index contributed by atoms with van der Waals surface area (Å²) in [5, 5.41) is 1.12. The Morgan fingerprint density at radius 3 is 2.80 bits per heavy atom. The van der Waals surface area contributed by atoms with Crippen molar-refractivity contribution in [1.29, 1.82) is 0 Å². The Bertz CT molecular complexity index is 1040. The molecule has 7 heteroatoms. The zero-order valence-corrected chi connectivity index (χ0v) is 14.1. The van der Waals surface area contributed by atoms with Gasteiger partial charge in [-0.25, -0.2) is 15.0 Å². The molecule has 0 aromatic carbocycles. The number of fused-ring (bicyclic) bond motifs is 2. The van der Waals surface area contributed by atoms with E-state index >= 15 is 0 Å². The van der Waals surface area contributed by atoms with Gasteiger partial charge in [-0.3, -0.25) is 4.40 Å². The predicted molar refractivity (Wildman–Crippen MR) is 97.8 cm³/mol. The van der Waals surface area contributed by atoms with Crippen molar-refractivity contribution in [3.63, 3.8) is 0 Å². The van der Waals surface area contributed by atoms with Crippen LogP contribution in [0.2, 0.25) is 0 Å². The van der Waals surface area contributed by atoms with Gasteiger partial charge in [0, 0.05) is 73.7 Å². The Labute approximate surface area is 144 Å². The van der Waals surface area contributed by atoms with Crippen LogP contribution in [0.5, 0.6) is 0 Å². The predicted octanol–water partition coefficient (Wildman–Crippen LogP) is 2.02. The number of H-pyrrole nitrogens is 1. The van der Waals surface area contributed by atoms with Crippen LogP contribution < -0.4 is 4.90 Å². The molecule has 0 spiro atoms. The number of hydrogen-bond acceptors (Lipinski definition) is 5. The number of pyridine rings is 1. The lowest BCUT2D eigenvalue weighted by Gasteiger charge is -2.33. The minimum atomic E-state index is 0.708. The summed E-state index contributed by atoms with van der Waals surface area (Å²) in [6, 6.07) is 2.23. The summed E-state index contributed by atoms with van der Waals surface area (Å²) >= 11 is 0. The van der Waals surface area contributed by atoms with Crippen molar-refractivity contribution in [2.24, 2.45) is 0 Å². The van der Waals surface area contributed by atoms with Crippen molar-refractivity contribution in [2.75, 3.05) is 38.1 Å². The minimum Gasteiger partial charge on any atom is -0.368 e. The lowest BCUT2D eigenvalue weighted by Crippen LogP contribution is -2.44. The average Bonchev–Trinajstić information content (AvgIpc) is 3.27. The Balaban J connectivity index is 1.57. The smallest absolute Gasteiger partial charge is 0.233 e. The molecule has 4 aromatic heterocycles. The van der Waals surface area contributed by atoms with E-state index in [0.29, 0.717) is 5.78 Å². The quantitative estimate of drug-likeness (QED) is 0.608. The number of nitrogens with zero attached hydrogens (tertiary/aromatic N) is 6. The van der Waals surface area contributed by atoms with E-state index < -0.39 is 0 Å². The topological polar surface area (TPSA) is 65.3 Å². The summed E-state index contributed by atoms with van der Waals surface area (Å²) in [6.07, 6.45) is 11.6. The first-order valence-corrected chi connectivity index (χ1v) is 8.48. The largest absolute Gasteiger partial charge is 0.368 e. The second-order valence-electron chi connectivity index (χ2n) is 6.56. The van der Waals surface area contributed by atoms with Crippen LogP contribution in [0.1, 0.15) is 0 Å². The van der Waals surface area contributed by atoms with E-state index in [1.807, 2.05) is 29.2 Å². The van der Waals surface area contributed by atoms with Gasteiger partial charge < -0.3 is 14.8 Å². The highest BCUT2D eigenvalue weighted by molar-refractivity contribution is 5.95. The first-order valence-electron chi connectivity index (χ1n) is 8.48. The number of imidazole rings is 1. The van der Waals surface area contributed by atoms with Crippen molar-refractivity contribution < 1.29 is 0 Å². The third-order valence-corrected chi connectivity index (χ3v) is 4.94. The van der Waals surface area contributed by atoms with Gasteiger partial charge in [-0.05, 0) is 13.1 Å². The highest BCUT2D eigenvalue weighted by atomic mass is 15.2. The Hall–Kier alpha value is -2.93. The van der Waals surface area contributed by atoms with Crippen molar-refractivity contribution in [2.45, 2.75) is 0 Å². The van der Waals surface area contributed by atoms with Crippen LogP contribution in [0.25, 0.3) is 27.9 Å². The maximum Gasteiger partial charge on any atom is 0.233 e. The molecule has 1 fully saturated rings. The van der Waals surface area contributed by atoms with Crippen LogP contribution in [0.15, 0.2) is 43.2 Å². The van der Waals surface area contributed by atoms with E-state index in [2.05, 4.69) is 49.0 Å². The first-order chi connectivity index (χ1) is 12.3. The second kappa shape index (κ2) is 5.56. The van der Waals surface area contributed by atoms with Crippen molar-refractivity contribution in [1.82, 2.24) is 29.2 Å². The van der Waals surface area contributed by atoms with Gasteiger partial charge in [0.05, 0.1) is 11.9 Å². The molecule has 7 nitrogen and oxygen atoms in total. The van der Waals surface area contributed by atoms with E-state index in [0.717, 1.165) is 48.3 Å².